The average molecular weight is 284 g/mol. The van der Waals surface area contributed by atoms with Crippen LogP contribution in [0.5, 0.6) is 0 Å². The van der Waals surface area contributed by atoms with Crippen molar-refractivity contribution in [2.45, 2.75) is 6.17 Å². The van der Waals surface area contributed by atoms with E-state index in [1.54, 1.807) is 10.9 Å². The van der Waals surface area contributed by atoms with Crippen molar-refractivity contribution in [2.75, 3.05) is 6.54 Å². The molecule has 1 aromatic carbocycles. The number of halogens is 2. The zero-order chi connectivity index (χ0) is 11.5. The molecule has 0 radical (unpaired) electrons. The van der Waals surface area contributed by atoms with Crippen LogP contribution in [0.1, 0.15) is 11.9 Å². The maximum atomic E-state index is 13.7. The van der Waals surface area contributed by atoms with E-state index in [-0.39, 0.29) is 6.54 Å². The Bertz CT molecular complexity index is 469. The number of benzene rings is 1. The fourth-order valence-electron chi connectivity index (χ4n) is 1.51. The molecule has 1 unspecified atom stereocenters. The first kappa shape index (κ1) is 11.3. The molecule has 16 heavy (non-hydrogen) atoms. The summed E-state index contributed by atoms with van der Waals surface area (Å²) in [4.78, 5) is 0. The summed E-state index contributed by atoms with van der Waals surface area (Å²) >= 11 is 3.28. The minimum absolute atomic E-state index is 0.0584. The zero-order valence-corrected chi connectivity index (χ0v) is 10.1. The fraction of sp³-hybridized carbons (Fsp3) is 0.182. The van der Waals surface area contributed by atoms with E-state index in [0.717, 1.165) is 5.69 Å². The Hall–Kier alpha value is -1.20. The van der Waals surface area contributed by atoms with Gasteiger partial charge in [0.2, 0.25) is 0 Å². The van der Waals surface area contributed by atoms with Gasteiger partial charge in [-0.25, -0.2) is 9.07 Å². The SMILES string of the molecule is NCC(F)c1c(Br)cnn1-c1ccccc1. The Kier molecular flexibility index (Phi) is 3.36. The summed E-state index contributed by atoms with van der Waals surface area (Å²) in [7, 11) is 0. The Labute approximate surface area is 101 Å². The Balaban J connectivity index is 2.50. The molecule has 3 nitrogen and oxygen atoms in total. The van der Waals surface area contributed by atoms with E-state index >= 15 is 0 Å². The summed E-state index contributed by atoms with van der Waals surface area (Å²) in [5, 5.41) is 4.13. The van der Waals surface area contributed by atoms with Gasteiger partial charge in [0.1, 0.15) is 0 Å². The zero-order valence-electron chi connectivity index (χ0n) is 8.48. The van der Waals surface area contributed by atoms with Gasteiger partial charge >= 0.3 is 0 Å². The summed E-state index contributed by atoms with van der Waals surface area (Å²) in [6, 6.07) is 9.39. The summed E-state index contributed by atoms with van der Waals surface area (Å²) < 4.78 is 15.9. The highest BCUT2D eigenvalue weighted by molar-refractivity contribution is 9.10. The molecule has 5 heteroatoms. The van der Waals surface area contributed by atoms with Crippen LogP contribution in [0.4, 0.5) is 4.39 Å². The number of aromatic nitrogens is 2. The molecule has 2 aromatic rings. The quantitative estimate of drug-likeness (QED) is 0.941. The normalized spacial score (nSPS) is 12.7. The van der Waals surface area contributed by atoms with Crippen molar-refractivity contribution < 1.29 is 4.39 Å². The first-order chi connectivity index (χ1) is 7.74. The van der Waals surface area contributed by atoms with Crippen LogP contribution in [0.15, 0.2) is 41.0 Å². The van der Waals surface area contributed by atoms with Gasteiger partial charge in [-0.15, -0.1) is 0 Å². The van der Waals surface area contributed by atoms with Gasteiger partial charge in [0.15, 0.2) is 6.17 Å². The van der Waals surface area contributed by atoms with Crippen molar-refractivity contribution in [3.05, 3.63) is 46.7 Å². The van der Waals surface area contributed by atoms with Crippen LogP contribution in [0.3, 0.4) is 0 Å². The molecule has 0 saturated carbocycles. The molecule has 0 spiro atoms. The Morgan fingerprint density at radius 3 is 2.69 bits per heavy atom. The predicted octanol–water partition coefficient (Wildman–Crippen LogP) is 2.60. The molecule has 0 saturated heterocycles. The number of para-hydroxylation sites is 1. The van der Waals surface area contributed by atoms with E-state index < -0.39 is 6.17 Å². The highest BCUT2D eigenvalue weighted by Gasteiger charge is 2.18. The van der Waals surface area contributed by atoms with E-state index in [2.05, 4.69) is 21.0 Å². The lowest BCUT2D eigenvalue weighted by atomic mass is 10.2. The van der Waals surface area contributed by atoms with Crippen molar-refractivity contribution in [1.82, 2.24) is 9.78 Å². The molecule has 2 N–H and O–H groups in total. The molecular weight excluding hydrogens is 273 g/mol. The molecule has 0 aliphatic carbocycles. The smallest absolute Gasteiger partial charge is 0.155 e. The predicted molar refractivity (Wildman–Crippen MR) is 64.2 cm³/mol. The van der Waals surface area contributed by atoms with Gasteiger partial charge in [-0.05, 0) is 28.1 Å². The van der Waals surface area contributed by atoms with Gasteiger partial charge in [-0.1, -0.05) is 18.2 Å². The second-order valence-corrected chi connectivity index (χ2v) is 4.18. The average Bonchev–Trinajstić information content (AvgIpc) is 2.71. The molecule has 1 aromatic heterocycles. The molecule has 0 aliphatic heterocycles. The van der Waals surface area contributed by atoms with Crippen molar-refractivity contribution in [3.8, 4) is 5.69 Å². The van der Waals surface area contributed by atoms with Gasteiger partial charge in [0.25, 0.3) is 0 Å². The number of nitrogens with zero attached hydrogens (tertiary/aromatic N) is 2. The molecule has 0 amide bonds. The van der Waals surface area contributed by atoms with Gasteiger partial charge in [-0.3, -0.25) is 0 Å². The van der Waals surface area contributed by atoms with E-state index in [1.807, 2.05) is 30.3 Å². The van der Waals surface area contributed by atoms with E-state index in [0.29, 0.717) is 10.2 Å². The van der Waals surface area contributed by atoms with E-state index in [9.17, 15) is 4.39 Å². The van der Waals surface area contributed by atoms with Crippen LogP contribution >= 0.6 is 15.9 Å². The summed E-state index contributed by atoms with van der Waals surface area (Å²) in [6.45, 7) is -0.0584. The van der Waals surface area contributed by atoms with E-state index in [1.165, 1.54) is 0 Å². The number of hydrogen-bond acceptors (Lipinski definition) is 2. The van der Waals surface area contributed by atoms with Gasteiger partial charge < -0.3 is 5.73 Å². The lowest BCUT2D eigenvalue weighted by Crippen LogP contribution is -2.13. The number of alkyl halides is 1. The standard InChI is InChI=1S/C11H11BrFN3/c12-9-7-15-16(11(9)10(13)6-14)8-4-2-1-3-5-8/h1-5,7,10H,6,14H2. The van der Waals surface area contributed by atoms with Gasteiger partial charge in [-0.2, -0.15) is 5.10 Å². The van der Waals surface area contributed by atoms with Crippen molar-refractivity contribution in [1.29, 1.82) is 0 Å². The van der Waals surface area contributed by atoms with Crippen LogP contribution in [0, 0.1) is 0 Å². The fourth-order valence-corrected chi connectivity index (χ4v) is 2.01. The molecule has 1 heterocycles. The maximum Gasteiger partial charge on any atom is 0.155 e. The molecule has 1 atom stereocenters. The topological polar surface area (TPSA) is 43.8 Å². The highest BCUT2D eigenvalue weighted by atomic mass is 79.9. The number of hydrogen-bond donors (Lipinski definition) is 1. The second kappa shape index (κ2) is 4.76. The lowest BCUT2D eigenvalue weighted by Gasteiger charge is -2.10. The summed E-state index contributed by atoms with van der Waals surface area (Å²) in [5.74, 6) is 0. The minimum Gasteiger partial charge on any atom is -0.327 e. The molecule has 84 valence electrons. The van der Waals surface area contributed by atoms with E-state index in [4.69, 9.17) is 5.73 Å². The first-order valence-corrected chi connectivity index (χ1v) is 5.66. The lowest BCUT2D eigenvalue weighted by molar-refractivity contribution is 0.337. The molecule has 2 rings (SSSR count). The Morgan fingerprint density at radius 1 is 1.38 bits per heavy atom. The van der Waals surface area contributed by atoms with Crippen molar-refractivity contribution in [3.63, 3.8) is 0 Å². The number of nitrogens with two attached hydrogens (primary N) is 1. The summed E-state index contributed by atoms with van der Waals surface area (Å²) in [6.07, 6.45) is 0.349. The van der Waals surface area contributed by atoms with Gasteiger partial charge in [0.05, 0.1) is 22.1 Å². The minimum atomic E-state index is -1.22. The first-order valence-electron chi connectivity index (χ1n) is 4.87. The monoisotopic (exact) mass is 283 g/mol. The molecule has 0 bridgehead atoms. The Morgan fingerprint density at radius 2 is 2.06 bits per heavy atom. The third-order valence-corrected chi connectivity index (χ3v) is 2.87. The van der Waals surface area contributed by atoms with Crippen LogP contribution in [-0.2, 0) is 0 Å². The molecule has 0 aliphatic rings. The second-order valence-electron chi connectivity index (χ2n) is 3.33. The third kappa shape index (κ3) is 2.01. The van der Waals surface area contributed by atoms with Crippen LogP contribution in [0.25, 0.3) is 5.69 Å². The van der Waals surface area contributed by atoms with Crippen molar-refractivity contribution >= 4 is 15.9 Å². The van der Waals surface area contributed by atoms with Crippen LogP contribution in [0.2, 0.25) is 0 Å². The van der Waals surface area contributed by atoms with Crippen LogP contribution in [-0.4, -0.2) is 16.3 Å². The largest absolute Gasteiger partial charge is 0.327 e. The van der Waals surface area contributed by atoms with Crippen molar-refractivity contribution in [2.24, 2.45) is 5.73 Å². The molecule has 0 fully saturated rings. The molecular formula is C11H11BrFN3. The van der Waals surface area contributed by atoms with Gasteiger partial charge in [0, 0.05) is 6.54 Å². The van der Waals surface area contributed by atoms with Crippen LogP contribution < -0.4 is 5.73 Å². The third-order valence-electron chi connectivity index (χ3n) is 2.26. The number of rotatable bonds is 3. The summed E-state index contributed by atoms with van der Waals surface area (Å²) in [5.41, 5.74) is 6.61. The highest BCUT2D eigenvalue weighted by Crippen LogP contribution is 2.27. The maximum absolute atomic E-state index is 13.7.